The van der Waals surface area contributed by atoms with Gasteiger partial charge in [0.1, 0.15) is 38.8 Å². The number of nitrogens with zero attached hydrogens (tertiary/aromatic N) is 1. The molecule has 0 bridgehead atoms. The van der Waals surface area contributed by atoms with Crippen LogP contribution in [0, 0.1) is 0 Å². The van der Waals surface area contributed by atoms with E-state index in [0.29, 0.717) is 0 Å². The average Bonchev–Trinajstić information content (AvgIpc) is 3.43. The third kappa shape index (κ3) is 32.6. The molecule has 0 unspecified atom stereocenters. The average molecular weight is 1030 g/mol. The number of rotatable bonds is 50. The van der Waals surface area contributed by atoms with Gasteiger partial charge >= 0.3 is 0 Å². The molecule has 0 N–H and O–H groups in total. The largest absolute Gasteiger partial charge is 0.494 e. The van der Waals surface area contributed by atoms with E-state index in [1.807, 2.05) is 14.1 Å². The smallest absolute Gasteiger partial charge is 0.132 e. The standard InChI is InChI=1S/C70H112NO4/c1-5-7-9-11-13-15-19-25-31-37-59-72-69-55-51-67(52-56-69)65-47-43-63(44-48-65)41-35-29-23-17-21-27-33-39-61-74-71(3,4)75-62-40-34-28-22-18-24-30-36-42-64-45-49-66(50-46-64)68-53-57-70(58-54-68)73-60-38-32-26-20-16-14-12-10-8-6-2/h43-58H,5-42,59-62H2,1-4H3/q+1. The second-order valence-electron chi connectivity index (χ2n) is 22.6. The molecule has 0 aliphatic carbocycles. The van der Waals surface area contributed by atoms with E-state index >= 15 is 0 Å². The van der Waals surface area contributed by atoms with Crippen molar-refractivity contribution in [1.82, 2.24) is 0 Å². The van der Waals surface area contributed by atoms with Crippen LogP contribution in [0.2, 0.25) is 0 Å². The number of quaternary nitrogens is 1. The van der Waals surface area contributed by atoms with E-state index in [9.17, 15) is 0 Å². The molecule has 0 amide bonds. The lowest BCUT2D eigenvalue weighted by Gasteiger charge is -2.24. The van der Waals surface area contributed by atoms with Crippen LogP contribution < -0.4 is 9.47 Å². The van der Waals surface area contributed by atoms with Crippen molar-refractivity contribution in [1.29, 1.82) is 0 Å². The van der Waals surface area contributed by atoms with Crippen molar-refractivity contribution >= 4 is 0 Å². The van der Waals surface area contributed by atoms with Crippen LogP contribution in [0.5, 0.6) is 11.5 Å². The molecule has 0 spiro atoms. The van der Waals surface area contributed by atoms with Gasteiger partial charge in [0.25, 0.3) is 0 Å². The molecule has 0 atom stereocenters. The maximum atomic E-state index is 6.09. The summed E-state index contributed by atoms with van der Waals surface area (Å²) in [4.78, 5) is 12.4. The Balaban J connectivity index is 0.873. The van der Waals surface area contributed by atoms with Crippen molar-refractivity contribution < 1.29 is 24.0 Å². The molecule has 0 aliphatic rings. The molecule has 75 heavy (non-hydrogen) atoms. The molecule has 0 radical (unpaired) electrons. The first-order valence-corrected chi connectivity index (χ1v) is 31.7. The van der Waals surface area contributed by atoms with Gasteiger partial charge in [0.2, 0.25) is 0 Å². The highest BCUT2D eigenvalue weighted by atomic mass is 17.0. The molecule has 4 rings (SSSR count). The maximum absolute atomic E-state index is 6.09. The molecule has 0 aliphatic heterocycles. The monoisotopic (exact) mass is 1030 g/mol. The maximum Gasteiger partial charge on any atom is 0.132 e. The summed E-state index contributed by atoms with van der Waals surface area (Å²) in [5.74, 6) is 1.97. The lowest BCUT2D eigenvalue weighted by molar-refractivity contribution is -1.22. The fourth-order valence-electron chi connectivity index (χ4n) is 10.4. The normalized spacial score (nSPS) is 11.7. The van der Waals surface area contributed by atoms with Crippen LogP contribution >= 0.6 is 0 Å². The summed E-state index contributed by atoms with van der Waals surface area (Å²) in [5.41, 5.74) is 7.99. The van der Waals surface area contributed by atoms with Crippen molar-refractivity contribution in [3.05, 3.63) is 108 Å². The molecular formula is C70H112NO4+. The van der Waals surface area contributed by atoms with E-state index in [-0.39, 0.29) is 4.81 Å². The van der Waals surface area contributed by atoms with Crippen LogP contribution in [0.4, 0.5) is 0 Å². The molecule has 0 aromatic heterocycles. The van der Waals surface area contributed by atoms with Crippen LogP contribution in [0.3, 0.4) is 0 Å². The first kappa shape index (κ1) is 63.9. The zero-order valence-electron chi connectivity index (χ0n) is 49.0. The fraction of sp³-hybridized carbons (Fsp3) is 0.657. The highest BCUT2D eigenvalue weighted by molar-refractivity contribution is 5.65. The van der Waals surface area contributed by atoms with Gasteiger partial charge in [0, 0.05) is 0 Å². The zero-order valence-corrected chi connectivity index (χ0v) is 49.0. The summed E-state index contributed by atoms with van der Waals surface area (Å²) < 4.78 is 12.1. The highest BCUT2D eigenvalue weighted by Crippen LogP contribution is 2.26. The SMILES string of the molecule is CCCCCCCCCCCCOc1ccc(-c2ccc(CCCCCCCCCCO[N+](C)(C)OCCCCCCCCCCc3ccc(-c4ccc(OCCCCCCCCCCCC)cc4)cc3)cc2)cc1. The molecular weight excluding hydrogens is 919 g/mol. The molecule has 4 aromatic carbocycles. The van der Waals surface area contributed by atoms with Crippen LogP contribution in [0.1, 0.15) is 256 Å². The van der Waals surface area contributed by atoms with Crippen molar-refractivity contribution in [2.75, 3.05) is 40.5 Å². The number of hydrogen-bond acceptors (Lipinski definition) is 4. The number of hydrogen-bond donors (Lipinski definition) is 0. The third-order valence-electron chi connectivity index (χ3n) is 15.3. The summed E-state index contributed by atoms with van der Waals surface area (Å²) in [6.07, 6.45) is 49.9. The third-order valence-corrected chi connectivity index (χ3v) is 15.3. The van der Waals surface area contributed by atoms with Gasteiger partial charge in [-0.15, -0.1) is 0 Å². The van der Waals surface area contributed by atoms with E-state index in [0.717, 1.165) is 63.6 Å². The zero-order chi connectivity index (χ0) is 53.0. The summed E-state index contributed by atoms with van der Waals surface area (Å²) in [5, 5.41) is 0. The quantitative estimate of drug-likeness (QED) is 0.0251. The Bertz CT molecular complexity index is 1730. The minimum atomic E-state index is 0.204. The number of unbranched alkanes of at least 4 members (excludes halogenated alkanes) is 32. The lowest BCUT2D eigenvalue weighted by Crippen LogP contribution is -2.40. The van der Waals surface area contributed by atoms with Crippen molar-refractivity contribution in [2.45, 2.75) is 258 Å². The number of benzene rings is 4. The van der Waals surface area contributed by atoms with Gasteiger partial charge in [-0.2, -0.15) is 9.68 Å². The fourth-order valence-corrected chi connectivity index (χ4v) is 10.4. The van der Waals surface area contributed by atoms with Gasteiger partial charge in [0.15, 0.2) is 0 Å². The summed E-state index contributed by atoms with van der Waals surface area (Å²) in [7, 11) is 4.04. The van der Waals surface area contributed by atoms with Crippen LogP contribution in [0.25, 0.3) is 22.3 Å². The van der Waals surface area contributed by atoms with Crippen LogP contribution in [-0.4, -0.2) is 45.3 Å². The molecule has 420 valence electrons. The lowest BCUT2D eigenvalue weighted by atomic mass is 10.0. The molecule has 5 heteroatoms. The van der Waals surface area contributed by atoms with E-state index in [1.54, 1.807) is 0 Å². The molecule has 0 saturated carbocycles. The highest BCUT2D eigenvalue weighted by Gasteiger charge is 2.18. The summed E-state index contributed by atoms with van der Waals surface area (Å²) >= 11 is 0. The van der Waals surface area contributed by atoms with E-state index in [1.165, 1.54) is 252 Å². The van der Waals surface area contributed by atoms with Gasteiger partial charge in [-0.3, -0.25) is 0 Å². The van der Waals surface area contributed by atoms with Crippen molar-refractivity contribution in [3.8, 4) is 33.8 Å². The molecule has 4 aromatic rings. The predicted molar refractivity (Wildman–Crippen MR) is 324 cm³/mol. The van der Waals surface area contributed by atoms with Gasteiger partial charge in [-0.05, 0) is 114 Å². The van der Waals surface area contributed by atoms with Crippen LogP contribution in [-0.2, 0) is 22.5 Å². The van der Waals surface area contributed by atoms with E-state index < -0.39 is 0 Å². The second kappa shape index (κ2) is 43.4. The van der Waals surface area contributed by atoms with E-state index in [2.05, 4.69) is 111 Å². The van der Waals surface area contributed by atoms with Gasteiger partial charge < -0.3 is 9.47 Å². The second-order valence-corrected chi connectivity index (χ2v) is 22.6. The molecule has 5 nitrogen and oxygen atoms in total. The van der Waals surface area contributed by atoms with E-state index in [4.69, 9.17) is 19.1 Å². The van der Waals surface area contributed by atoms with Gasteiger partial charge in [-0.1, -0.05) is 279 Å². The summed E-state index contributed by atoms with van der Waals surface area (Å²) in [6, 6.07) is 35.7. The van der Waals surface area contributed by atoms with Crippen LogP contribution in [0.15, 0.2) is 97.1 Å². The Morgan fingerprint density at radius 2 is 0.480 bits per heavy atom. The minimum absolute atomic E-state index is 0.204. The Morgan fingerprint density at radius 3 is 0.760 bits per heavy atom. The van der Waals surface area contributed by atoms with Crippen molar-refractivity contribution in [3.63, 3.8) is 0 Å². The Kier molecular flexibility index (Phi) is 36.9. The molecule has 0 saturated heterocycles. The Morgan fingerprint density at radius 1 is 0.253 bits per heavy atom. The number of aryl methyl sites for hydroxylation is 2. The first-order chi connectivity index (χ1) is 37.0. The van der Waals surface area contributed by atoms with Crippen molar-refractivity contribution in [2.24, 2.45) is 0 Å². The van der Waals surface area contributed by atoms with Gasteiger partial charge in [0.05, 0.1) is 13.2 Å². The molecule has 0 fully saturated rings. The Labute approximate surface area is 462 Å². The molecule has 0 heterocycles. The first-order valence-electron chi connectivity index (χ1n) is 31.7. The minimum Gasteiger partial charge on any atom is -0.494 e. The summed E-state index contributed by atoms with van der Waals surface area (Å²) in [6.45, 7) is 7.75. The van der Waals surface area contributed by atoms with Gasteiger partial charge in [-0.25, -0.2) is 0 Å². The predicted octanol–water partition coefficient (Wildman–Crippen LogP) is 21.6. The Hall–Kier alpha value is -3.64. The number of hydroxylamine groups is 4. The topological polar surface area (TPSA) is 36.9 Å². The number of ether oxygens (including phenoxy) is 2.